The van der Waals surface area contributed by atoms with Gasteiger partial charge in [0.2, 0.25) is 0 Å². The number of carboxylic acids is 1. The van der Waals surface area contributed by atoms with E-state index >= 15 is 0 Å². The molecule has 3 nitrogen and oxygen atoms in total. The number of carboxylic acid groups (broad SMARTS) is 1. The van der Waals surface area contributed by atoms with Gasteiger partial charge in [-0.2, -0.15) is 0 Å². The number of aliphatic carboxylic acids is 1. The second-order valence-corrected chi connectivity index (χ2v) is 2.37. The molecule has 0 spiro atoms. The maximum Gasteiger partial charge on any atom is 0.309 e. The summed E-state index contributed by atoms with van der Waals surface area (Å²) in [7, 11) is 0. The highest BCUT2D eigenvalue weighted by Gasteiger charge is 2.34. The Labute approximate surface area is 67.0 Å². The summed E-state index contributed by atoms with van der Waals surface area (Å²) in [6.45, 7) is 0. The number of halogens is 2. The topological polar surface area (TPSA) is 53.1 Å². The second kappa shape index (κ2) is 2.92. The zero-order chi connectivity index (χ0) is 9.19. The Kier molecular flexibility index (Phi) is 2.12. The SMILES string of the molecule is O=C(O)CC(F)(F)c1cc[nH]c1. The number of aromatic nitrogens is 1. The highest BCUT2D eigenvalue weighted by Crippen LogP contribution is 2.30. The van der Waals surface area contributed by atoms with E-state index in [0.29, 0.717) is 0 Å². The molecule has 0 aliphatic rings. The standard InChI is InChI=1S/C7H7F2NO2/c8-7(9,3-6(11)12)5-1-2-10-4-5/h1-2,4,10H,3H2,(H,11,12). The third-order valence-electron chi connectivity index (χ3n) is 1.39. The van der Waals surface area contributed by atoms with E-state index in [-0.39, 0.29) is 5.56 Å². The summed E-state index contributed by atoms with van der Waals surface area (Å²) >= 11 is 0. The van der Waals surface area contributed by atoms with Crippen LogP contribution in [0.25, 0.3) is 0 Å². The first kappa shape index (κ1) is 8.70. The number of nitrogens with one attached hydrogen (secondary N) is 1. The number of aromatic amines is 1. The van der Waals surface area contributed by atoms with Crippen molar-refractivity contribution in [2.24, 2.45) is 0 Å². The van der Waals surface area contributed by atoms with Crippen molar-refractivity contribution < 1.29 is 18.7 Å². The van der Waals surface area contributed by atoms with Crippen LogP contribution in [0.1, 0.15) is 12.0 Å². The highest BCUT2D eigenvalue weighted by molar-refractivity contribution is 5.68. The van der Waals surface area contributed by atoms with Gasteiger partial charge in [-0.1, -0.05) is 0 Å². The first-order valence-electron chi connectivity index (χ1n) is 3.25. The first-order valence-corrected chi connectivity index (χ1v) is 3.25. The van der Waals surface area contributed by atoms with E-state index in [1.54, 1.807) is 0 Å². The molecular weight excluding hydrogens is 168 g/mol. The number of carbonyl (C=O) groups is 1. The van der Waals surface area contributed by atoms with Gasteiger partial charge in [0.15, 0.2) is 0 Å². The quantitative estimate of drug-likeness (QED) is 0.732. The molecule has 0 unspecified atom stereocenters. The van der Waals surface area contributed by atoms with Crippen LogP contribution in [0.4, 0.5) is 8.78 Å². The molecule has 0 saturated carbocycles. The Balaban J connectivity index is 2.79. The van der Waals surface area contributed by atoms with Crippen LogP contribution in [0.3, 0.4) is 0 Å². The van der Waals surface area contributed by atoms with Gasteiger partial charge < -0.3 is 10.1 Å². The average molecular weight is 175 g/mol. The summed E-state index contributed by atoms with van der Waals surface area (Å²) in [6, 6.07) is 1.16. The highest BCUT2D eigenvalue weighted by atomic mass is 19.3. The summed E-state index contributed by atoms with van der Waals surface area (Å²) in [5.41, 5.74) is -0.301. The molecule has 5 heteroatoms. The lowest BCUT2D eigenvalue weighted by Gasteiger charge is -2.10. The minimum atomic E-state index is -3.29. The summed E-state index contributed by atoms with van der Waals surface area (Å²) in [4.78, 5) is 12.5. The van der Waals surface area contributed by atoms with Crippen molar-refractivity contribution in [2.75, 3.05) is 0 Å². The van der Waals surface area contributed by atoms with E-state index in [9.17, 15) is 13.6 Å². The van der Waals surface area contributed by atoms with Gasteiger partial charge in [0, 0.05) is 18.0 Å². The number of H-pyrrole nitrogens is 1. The Morgan fingerprint density at radius 3 is 2.75 bits per heavy atom. The van der Waals surface area contributed by atoms with E-state index in [1.165, 1.54) is 6.20 Å². The molecule has 12 heavy (non-hydrogen) atoms. The molecule has 1 heterocycles. The fourth-order valence-electron chi connectivity index (χ4n) is 0.843. The molecular formula is C7H7F2NO2. The molecule has 1 aromatic heterocycles. The van der Waals surface area contributed by atoms with E-state index in [1.807, 2.05) is 0 Å². The van der Waals surface area contributed by atoms with Crippen LogP contribution in [0.5, 0.6) is 0 Å². The van der Waals surface area contributed by atoms with Gasteiger partial charge in [-0.3, -0.25) is 4.79 Å². The van der Waals surface area contributed by atoms with Gasteiger partial charge in [-0.15, -0.1) is 0 Å². The van der Waals surface area contributed by atoms with Crippen LogP contribution >= 0.6 is 0 Å². The van der Waals surface area contributed by atoms with Crippen molar-refractivity contribution in [1.29, 1.82) is 0 Å². The molecule has 0 aliphatic carbocycles. The fraction of sp³-hybridized carbons (Fsp3) is 0.286. The largest absolute Gasteiger partial charge is 0.481 e. The van der Waals surface area contributed by atoms with Crippen LogP contribution in [0.15, 0.2) is 18.5 Å². The molecule has 0 saturated heterocycles. The van der Waals surface area contributed by atoms with Crippen molar-refractivity contribution in [3.63, 3.8) is 0 Å². The number of rotatable bonds is 3. The molecule has 0 fully saturated rings. The smallest absolute Gasteiger partial charge is 0.309 e. The molecule has 66 valence electrons. The van der Waals surface area contributed by atoms with Gasteiger partial charge in [0.05, 0.1) is 0 Å². The van der Waals surface area contributed by atoms with Crippen LogP contribution < -0.4 is 0 Å². The lowest BCUT2D eigenvalue weighted by molar-refractivity contribution is -0.145. The number of alkyl halides is 2. The van der Waals surface area contributed by atoms with Gasteiger partial charge in [-0.05, 0) is 6.07 Å². The molecule has 0 bridgehead atoms. The summed E-state index contributed by atoms with van der Waals surface area (Å²) < 4.78 is 25.7. The average Bonchev–Trinajstić information content (AvgIpc) is 2.32. The Morgan fingerprint density at radius 2 is 2.33 bits per heavy atom. The predicted molar refractivity (Wildman–Crippen MR) is 36.9 cm³/mol. The Hall–Kier alpha value is -1.39. The van der Waals surface area contributed by atoms with Crippen molar-refractivity contribution in [1.82, 2.24) is 4.98 Å². The second-order valence-electron chi connectivity index (χ2n) is 2.37. The van der Waals surface area contributed by atoms with Crippen molar-refractivity contribution >= 4 is 5.97 Å². The zero-order valence-corrected chi connectivity index (χ0v) is 6.05. The lowest BCUT2D eigenvalue weighted by Crippen LogP contribution is -2.17. The van der Waals surface area contributed by atoms with Crippen LogP contribution in [-0.4, -0.2) is 16.1 Å². The number of hydrogen-bond acceptors (Lipinski definition) is 1. The molecule has 1 rings (SSSR count). The minimum absolute atomic E-state index is 0.301. The van der Waals surface area contributed by atoms with E-state index < -0.39 is 18.3 Å². The van der Waals surface area contributed by atoms with Crippen LogP contribution in [0, 0.1) is 0 Å². The van der Waals surface area contributed by atoms with Crippen molar-refractivity contribution in [3.8, 4) is 0 Å². The van der Waals surface area contributed by atoms with Crippen molar-refractivity contribution in [3.05, 3.63) is 24.0 Å². The monoisotopic (exact) mass is 175 g/mol. The Morgan fingerprint density at radius 1 is 1.67 bits per heavy atom. The van der Waals surface area contributed by atoms with Gasteiger partial charge in [0.1, 0.15) is 6.42 Å². The molecule has 0 aromatic carbocycles. The molecule has 2 N–H and O–H groups in total. The maximum absolute atomic E-state index is 12.8. The van der Waals surface area contributed by atoms with E-state index in [4.69, 9.17) is 5.11 Å². The van der Waals surface area contributed by atoms with Gasteiger partial charge >= 0.3 is 5.97 Å². The normalized spacial score (nSPS) is 11.5. The first-order chi connectivity index (χ1) is 5.52. The molecule has 0 amide bonds. The number of hydrogen-bond donors (Lipinski definition) is 2. The lowest BCUT2D eigenvalue weighted by atomic mass is 10.1. The molecule has 0 atom stereocenters. The molecule has 0 aliphatic heterocycles. The van der Waals surface area contributed by atoms with Crippen molar-refractivity contribution in [2.45, 2.75) is 12.3 Å². The van der Waals surface area contributed by atoms with Crippen LogP contribution in [0.2, 0.25) is 0 Å². The molecule has 0 radical (unpaired) electrons. The summed E-state index contributed by atoms with van der Waals surface area (Å²) in [5, 5.41) is 8.16. The zero-order valence-electron chi connectivity index (χ0n) is 6.05. The van der Waals surface area contributed by atoms with E-state index in [2.05, 4.69) is 4.98 Å². The fourth-order valence-corrected chi connectivity index (χ4v) is 0.843. The van der Waals surface area contributed by atoms with Crippen LogP contribution in [-0.2, 0) is 10.7 Å². The predicted octanol–water partition coefficient (Wildman–Crippen LogP) is 1.58. The maximum atomic E-state index is 12.8. The van der Waals surface area contributed by atoms with Gasteiger partial charge in [0.25, 0.3) is 5.92 Å². The molecule has 1 aromatic rings. The third-order valence-corrected chi connectivity index (χ3v) is 1.39. The third kappa shape index (κ3) is 1.81. The minimum Gasteiger partial charge on any atom is -0.481 e. The summed E-state index contributed by atoms with van der Waals surface area (Å²) in [5.74, 6) is -4.80. The van der Waals surface area contributed by atoms with Gasteiger partial charge in [-0.25, -0.2) is 8.78 Å². The summed E-state index contributed by atoms with van der Waals surface area (Å²) in [6.07, 6.45) is 1.24. The van der Waals surface area contributed by atoms with E-state index in [0.717, 1.165) is 12.3 Å². The Bertz CT molecular complexity index is 269.